The summed E-state index contributed by atoms with van der Waals surface area (Å²) >= 11 is 0. The Bertz CT molecular complexity index is 689. The first-order valence-corrected chi connectivity index (χ1v) is 9.43. The Morgan fingerprint density at radius 1 is 1.17 bits per heavy atom. The zero-order valence-electron chi connectivity index (χ0n) is 14.4. The molecule has 0 radical (unpaired) electrons. The van der Waals surface area contributed by atoms with E-state index in [0.29, 0.717) is 13.1 Å². The molecular weight excluding hydrogens is 314 g/mol. The molecule has 0 unspecified atom stereocenters. The first-order valence-electron chi connectivity index (χ1n) is 7.88. The van der Waals surface area contributed by atoms with Crippen LogP contribution in [0.1, 0.15) is 31.9 Å². The number of amides is 1. The molecular formula is C17H25NO4S. The SMILES string of the molecule is Cc1ccc(S(=O)(=O)[C@H](C)C(=O)N2C[C@@H](C)O[C@@H](C)C2)cc1C. The lowest BCUT2D eigenvalue weighted by Gasteiger charge is -2.36. The van der Waals surface area contributed by atoms with Crippen molar-refractivity contribution in [3.63, 3.8) is 0 Å². The van der Waals surface area contributed by atoms with Crippen molar-refractivity contribution in [3.8, 4) is 0 Å². The average molecular weight is 339 g/mol. The maximum atomic E-state index is 12.8. The van der Waals surface area contributed by atoms with Crippen molar-refractivity contribution in [1.29, 1.82) is 0 Å². The molecule has 5 nitrogen and oxygen atoms in total. The topological polar surface area (TPSA) is 63.7 Å². The molecule has 1 saturated heterocycles. The highest BCUT2D eigenvalue weighted by Gasteiger charge is 2.36. The molecule has 23 heavy (non-hydrogen) atoms. The van der Waals surface area contributed by atoms with Crippen molar-refractivity contribution in [2.45, 2.75) is 57.0 Å². The van der Waals surface area contributed by atoms with Crippen molar-refractivity contribution < 1.29 is 17.9 Å². The quantitative estimate of drug-likeness (QED) is 0.846. The van der Waals surface area contributed by atoms with E-state index in [2.05, 4.69) is 0 Å². The molecule has 0 spiro atoms. The van der Waals surface area contributed by atoms with Gasteiger partial charge in [0.1, 0.15) is 5.25 Å². The fourth-order valence-corrected chi connectivity index (χ4v) is 4.26. The van der Waals surface area contributed by atoms with Gasteiger partial charge in [-0.25, -0.2) is 8.42 Å². The van der Waals surface area contributed by atoms with Gasteiger partial charge < -0.3 is 9.64 Å². The predicted octanol–water partition coefficient (Wildman–Crippen LogP) is 2.10. The van der Waals surface area contributed by atoms with E-state index >= 15 is 0 Å². The first-order chi connectivity index (χ1) is 10.6. The minimum Gasteiger partial charge on any atom is -0.372 e. The van der Waals surface area contributed by atoms with E-state index in [-0.39, 0.29) is 23.0 Å². The molecule has 128 valence electrons. The van der Waals surface area contributed by atoms with Gasteiger partial charge in [0.25, 0.3) is 0 Å². The Labute approximate surface area is 138 Å². The summed E-state index contributed by atoms with van der Waals surface area (Å²) in [6.07, 6.45) is -0.168. The number of aryl methyl sites for hydroxylation is 2. The predicted molar refractivity (Wildman–Crippen MR) is 89.2 cm³/mol. The van der Waals surface area contributed by atoms with Crippen LogP contribution >= 0.6 is 0 Å². The summed E-state index contributed by atoms with van der Waals surface area (Å²) in [6.45, 7) is 9.89. The average Bonchev–Trinajstić information content (AvgIpc) is 2.47. The molecule has 0 aromatic heterocycles. The number of ether oxygens (including phenoxy) is 1. The van der Waals surface area contributed by atoms with Crippen LogP contribution in [0.2, 0.25) is 0 Å². The molecule has 6 heteroatoms. The highest BCUT2D eigenvalue weighted by atomic mass is 32.2. The molecule has 1 aromatic carbocycles. The largest absolute Gasteiger partial charge is 0.372 e. The third-order valence-corrected chi connectivity index (χ3v) is 6.39. The van der Waals surface area contributed by atoms with Gasteiger partial charge in [0.2, 0.25) is 5.91 Å². The van der Waals surface area contributed by atoms with E-state index < -0.39 is 15.1 Å². The van der Waals surface area contributed by atoms with E-state index in [1.54, 1.807) is 23.1 Å². The molecule has 1 aliphatic heterocycles. The number of carbonyl (C=O) groups is 1. The maximum Gasteiger partial charge on any atom is 0.241 e. The number of sulfone groups is 1. The van der Waals surface area contributed by atoms with E-state index in [1.807, 2.05) is 27.7 Å². The van der Waals surface area contributed by atoms with Crippen LogP contribution in [0, 0.1) is 13.8 Å². The lowest BCUT2D eigenvalue weighted by molar-refractivity contribution is -0.142. The van der Waals surface area contributed by atoms with Gasteiger partial charge in [0, 0.05) is 13.1 Å². The Kier molecular flexibility index (Phi) is 5.16. The summed E-state index contributed by atoms with van der Waals surface area (Å²) < 4.78 is 31.1. The van der Waals surface area contributed by atoms with Crippen molar-refractivity contribution in [2.75, 3.05) is 13.1 Å². The number of morpholine rings is 1. The van der Waals surface area contributed by atoms with Crippen LogP contribution in [-0.2, 0) is 19.4 Å². The molecule has 3 atom stereocenters. The van der Waals surface area contributed by atoms with Gasteiger partial charge in [0.05, 0.1) is 17.1 Å². The van der Waals surface area contributed by atoms with Crippen molar-refractivity contribution >= 4 is 15.7 Å². The van der Waals surface area contributed by atoms with Gasteiger partial charge in [0.15, 0.2) is 9.84 Å². The fraction of sp³-hybridized carbons (Fsp3) is 0.588. The Morgan fingerprint density at radius 3 is 2.26 bits per heavy atom. The third kappa shape index (κ3) is 3.75. The highest BCUT2D eigenvalue weighted by molar-refractivity contribution is 7.92. The minimum absolute atomic E-state index is 0.0841. The maximum absolute atomic E-state index is 12.8. The van der Waals surface area contributed by atoms with Crippen LogP contribution in [0.4, 0.5) is 0 Å². The monoisotopic (exact) mass is 339 g/mol. The summed E-state index contributed by atoms with van der Waals surface area (Å²) in [6, 6.07) is 4.99. The summed E-state index contributed by atoms with van der Waals surface area (Å²) in [5.41, 5.74) is 1.93. The van der Waals surface area contributed by atoms with Crippen LogP contribution in [0.15, 0.2) is 23.1 Å². The highest BCUT2D eigenvalue weighted by Crippen LogP contribution is 2.22. The second kappa shape index (κ2) is 6.61. The zero-order valence-corrected chi connectivity index (χ0v) is 15.2. The van der Waals surface area contributed by atoms with Gasteiger partial charge in [-0.2, -0.15) is 0 Å². The molecule has 0 aliphatic carbocycles. The lowest BCUT2D eigenvalue weighted by Crippen LogP contribution is -2.52. The summed E-state index contributed by atoms with van der Waals surface area (Å²) in [5.74, 6) is -0.356. The molecule has 1 aromatic rings. The van der Waals surface area contributed by atoms with E-state index in [9.17, 15) is 13.2 Å². The molecule has 0 N–H and O–H groups in total. The lowest BCUT2D eigenvalue weighted by atomic mass is 10.1. The number of rotatable bonds is 3. The number of nitrogens with zero attached hydrogens (tertiary/aromatic N) is 1. The molecule has 1 amide bonds. The van der Waals surface area contributed by atoms with Crippen molar-refractivity contribution in [1.82, 2.24) is 4.90 Å². The van der Waals surface area contributed by atoms with Gasteiger partial charge in [-0.05, 0) is 57.9 Å². The molecule has 1 aliphatic rings. The Morgan fingerprint density at radius 2 is 1.74 bits per heavy atom. The van der Waals surface area contributed by atoms with Crippen LogP contribution in [0.25, 0.3) is 0 Å². The van der Waals surface area contributed by atoms with Gasteiger partial charge in [-0.15, -0.1) is 0 Å². The van der Waals surface area contributed by atoms with E-state index in [4.69, 9.17) is 4.74 Å². The molecule has 0 bridgehead atoms. The Hall–Kier alpha value is -1.40. The fourth-order valence-electron chi connectivity index (χ4n) is 2.84. The van der Waals surface area contributed by atoms with Crippen LogP contribution in [0.3, 0.4) is 0 Å². The third-order valence-electron chi connectivity index (χ3n) is 4.35. The van der Waals surface area contributed by atoms with Crippen LogP contribution in [-0.4, -0.2) is 49.8 Å². The smallest absolute Gasteiger partial charge is 0.241 e. The normalized spacial score (nSPS) is 23.6. The van der Waals surface area contributed by atoms with Gasteiger partial charge in [-0.1, -0.05) is 6.07 Å². The zero-order chi connectivity index (χ0) is 17.4. The number of hydrogen-bond acceptors (Lipinski definition) is 4. The summed E-state index contributed by atoms with van der Waals surface area (Å²) in [7, 11) is -3.69. The number of hydrogen-bond donors (Lipinski definition) is 0. The summed E-state index contributed by atoms with van der Waals surface area (Å²) in [5, 5.41) is -1.10. The molecule has 0 saturated carbocycles. The van der Waals surface area contributed by atoms with Crippen molar-refractivity contribution in [2.24, 2.45) is 0 Å². The van der Waals surface area contributed by atoms with Crippen LogP contribution in [0.5, 0.6) is 0 Å². The number of carbonyl (C=O) groups excluding carboxylic acids is 1. The molecule has 1 heterocycles. The van der Waals surface area contributed by atoms with E-state index in [0.717, 1.165) is 11.1 Å². The molecule has 1 fully saturated rings. The minimum atomic E-state index is -3.69. The van der Waals surface area contributed by atoms with Gasteiger partial charge in [-0.3, -0.25) is 4.79 Å². The summed E-state index contributed by atoms with van der Waals surface area (Å²) in [4.78, 5) is 14.5. The standard InChI is InChI=1S/C17H25NO4S/c1-11-6-7-16(8-12(11)2)23(20,21)15(5)17(19)18-9-13(3)22-14(4)10-18/h6-8,13-15H,9-10H2,1-5H3/t13-,14+,15-/m1/s1. The van der Waals surface area contributed by atoms with Crippen molar-refractivity contribution in [3.05, 3.63) is 29.3 Å². The van der Waals surface area contributed by atoms with Crippen LogP contribution < -0.4 is 0 Å². The second-order valence-electron chi connectivity index (χ2n) is 6.43. The Balaban J connectivity index is 2.25. The molecule has 2 rings (SSSR count). The second-order valence-corrected chi connectivity index (χ2v) is 8.70. The van der Waals surface area contributed by atoms with E-state index in [1.165, 1.54) is 6.92 Å². The number of benzene rings is 1. The first kappa shape index (κ1) is 17.9. The van der Waals surface area contributed by atoms with Gasteiger partial charge >= 0.3 is 0 Å².